The Hall–Kier alpha value is -2.69. The van der Waals surface area contributed by atoms with E-state index in [0.29, 0.717) is 28.3 Å². The lowest BCUT2D eigenvalue weighted by molar-refractivity contribution is 0.102. The topological polar surface area (TPSA) is 67.8 Å². The molecule has 2 aromatic rings. The number of amides is 1. The molecule has 0 heterocycles. The van der Waals surface area contributed by atoms with E-state index in [4.69, 9.17) is 9.47 Å². The Morgan fingerprint density at radius 1 is 1.10 bits per heavy atom. The number of carbonyl (C=O) groups is 1. The average molecular weight is 287 g/mol. The van der Waals surface area contributed by atoms with Crippen LogP contribution in [0, 0.1) is 6.92 Å². The number of aromatic hydroxyl groups is 1. The number of anilines is 1. The smallest absolute Gasteiger partial charge is 0.255 e. The van der Waals surface area contributed by atoms with Crippen molar-refractivity contribution < 1.29 is 19.4 Å². The molecule has 0 fully saturated rings. The van der Waals surface area contributed by atoms with E-state index in [-0.39, 0.29) is 11.7 Å². The molecule has 0 spiro atoms. The lowest BCUT2D eigenvalue weighted by atomic mass is 10.1. The molecule has 1 amide bonds. The Kier molecular flexibility index (Phi) is 4.33. The second-order valence-electron chi connectivity index (χ2n) is 4.52. The highest BCUT2D eigenvalue weighted by Gasteiger charge is 2.12. The predicted octanol–water partition coefficient (Wildman–Crippen LogP) is 2.97. The molecule has 5 nitrogen and oxygen atoms in total. The second-order valence-corrected chi connectivity index (χ2v) is 4.52. The Labute approximate surface area is 123 Å². The number of aryl methyl sites for hydroxylation is 1. The number of methoxy groups -OCH3 is 2. The molecule has 2 N–H and O–H groups in total. The third kappa shape index (κ3) is 3.25. The highest BCUT2D eigenvalue weighted by Crippen LogP contribution is 2.29. The molecule has 0 atom stereocenters. The summed E-state index contributed by atoms with van der Waals surface area (Å²) in [6, 6.07) is 9.89. The predicted molar refractivity (Wildman–Crippen MR) is 80.3 cm³/mol. The van der Waals surface area contributed by atoms with Gasteiger partial charge in [-0.15, -0.1) is 0 Å². The largest absolute Gasteiger partial charge is 0.508 e. The minimum Gasteiger partial charge on any atom is -0.508 e. The van der Waals surface area contributed by atoms with Gasteiger partial charge < -0.3 is 19.9 Å². The van der Waals surface area contributed by atoms with Gasteiger partial charge in [0.05, 0.1) is 19.9 Å². The number of hydrogen-bond acceptors (Lipinski definition) is 4. The van der Waals surface area contributed by atoms with Gasteiger partial charge in [-0.25, -0.2) is 0 Å². The maximum absolute atomic E-state index is 12.2. The molecule has 0 saturated heterocycles. The van der Waals surface area contributed by atoms with E-state index in [1.807, 2.05) is 0 Å². The van der Waals surface area contributed by atoms with Gasteiger partial charge in [-0.2, -0.15) is 0 Å². The number of phenolic OH excluding ortho intramolecular Hbond substituents is 1. The molecule has 0 bridgehead atoms. The van der Waals surface area contributed by atoms with E-state index in [1.165, 1.54) is 13.2 Å². The molecular formula is C16H17NO4. The van der Waals surface area contributed by atoms with Gasteiger partial charge in [0.25, 0.3) is 5.91 Å². The van der Waals surface area contributed by atoms with Gasteiger partial charge in [0.2, 0.25) is 0 Å². The summed E-state index contributed by atoms with van der Waals surface area (Å²) >= 11 is 0. The normalized spacial score (nSPS) is 10.0. The zero-order chi connectivity index (χ0) is 15.4. The number of ether oxygens (including phenoxy) is 2. The fourth-order valence-electron chi connectivity index (χ4n) is 1.86. The summed E-state index contributed by atoms with van der Waals surface area (Å²) < 4.78 is 10.3. The molecule has 0 aliphatic carbocycles. The van der Waals surface area contributed by atoms with Crippen molar-refractivity contribution in [1.82, 2.24) is 0 Å². The monoisotopic (exact) mass is 287 g/mol. The third-order valence-electron chi connectivity index (χ3n) is 3.13. The number of benzene rings is 2. The number of hydrogen-bond donors (Lipinski definition) is 2. The van der Waals surface area contributed by atoms with Gasteiger partial charge in [0.15, 0.2) is 0 Å². The van der Waals surface area contributed by atoms with Crippen LogP contribution >= 0.6 is 0 Å². The first kappa shape index (κ1) is 14.7. The maximum Gasteiger partial charge on any atom is 0.255 e. The lowest BCUT2D eigenvalue weighted by Gasteiger charge is -2.12. The number of phenols is 1. The molecule has 21 heavy (non-hydrogen) atoms. The highest BCUT2D eigenvalue weighted by molar-refractivity contribution is 6.05. The molecule has 0 aromatic heterocycles. The van der Waals surface area contributed by atoms with E-state index < -0.39 is 0 Å². The molecule has 2 rings (SSSR count). The van der Waals surface area contributed by atoms with Crippen molar-refractivity contribution in [1.29, 1.82) is 0 Å². The summed E-state index contributed by atoms with van der Waals surface area (Å²) in [4.78, 5) is 12.2. The second kappa shape index (κ2) is 6.17. The van der Waals surface area contributed by atoms with Crippen molar-refractivity contribution in [3.05, 3.63) is 47.5 Å². The molecule has 0 radical (unpaired) electrons. The van der Waals surface area contributed by atoms with Crippen molar-refractivity contribution in [3.63, 3.8) is 0 Å². The van der Waals surface area contributed by atoms with Crippen LogP contribution in [-0.4, -0.2) is 25.2 Å². The lowest BCUT2D eigenvalue weighted by Crippen LogP contribution is -2.12. The summed E-state index contributed by atoms with van der Waals surface area (Å²) in [6.07, 6.45) is 0. The fourth-order valence-corrected chi connectivity index (χ4v) is 1.86. The van der Waals surface area contributed by atoms with Gasteiger partial charge in [0.1, 0.15) is 17.2 Å². The van der Waals surface area contributed by atoms with Gasteiger partial charge in [-0.3, -0.25) is 4.79 Å². The van der Waals surface area contributed by atoms with Crippen LogP contribution in [0.4, 0.5) is 5.69 Å². The Bertz CT molecular complexity index is 667. The van der Waals surface area contributed by atoms with Crippen LogP contribution in [0.25, 0.3) is 0 Å². The first-order valence-corrected chi connectivity index (χ1v) is 6.38. The van der Waals surface area contributed by atoms with Crippen LogP contribution in [0.2, 0.25) is 0 Å². The summed E-state index contributed by atoms with van der Waals surface area (Å²) in [5.74, 6) is 0.885. The van der Waals surface area contributed by atoms with Gasteiger partial charge in [0, 0.05) is 11.6 Å². The quantitative estimate of drug-likeness (QED) is 0.907. The summed E-state index contributed by atoms with van der Waals surface area (Å²) in [7, 11) is 3.07. The van der Waals surface area contributed by atoms with Crippen LogP contribution < -0.4 is 14.8 Å². The van der Waals surface area contributed by atoms with Gasteiger partial charge >= 0.3 is 0 Å². The van der Waals surface area contributed by atoms with Gasteiger partial charge in [-0.1, -0.05) is 6.07 Å². The van der Waals surface area contributed by atoms with Crippen molar-refractivity contribution in [2.45, 2.75) is 6.92 Å². The SMILES string of the molecule is COc1ccc(OC)c(NC(=O)c2ccc(C)c(O)c2)c1. The molecule has 0 aliphatic heterocycles. The molecule has 5 heteroatoms. The summed E-state index contributed by atoms with van der Waals surface area (Å²) in [5, 5.41) is 12.4. The van der Waals surface area contributed by atoms with E-state index in [9.17, 15) is 9.90 Å². The zero-order valence-corrected chi connectivity index (χ0v) is 12.1. The number of nitrogens with one attached hydrogen (secondary N) is 1. The standard InChI is InChI=1S/C16H17NO4/c1-10-4-5-11(8-14(10)18)16(19)17-13-9-12(20-2)6-7-15(13)21-3/h4-9,18H,1-3H3,(H,17,19). The Morgan fingerprint density at radius 3 is 2.48 bits per heavy atom. The number of rotatable bonds is 4. The molecule has 0 aliphatic rings. The van der Waals surface area contributed by atoms with E-state index in [1.54, 1.807) is 44.4 Å². The highest BCUT2D eigenvalue weighted by atomic mass is 16.5. The molecule has 110 valence electrons. The van der Waals surface area contributed by atoms with Crippen LogP contribution in [-0.2, 0) is 0 Å². The van der Waals surface area contributed by atoms with E-state index in [2.05, 4.69) is 5.32 Å². The van der Waals surface area contributed by atoms with E-state index in [0.717, 1.165) is 0 Å². The van der Waals surface area contributed by atoms with Crippen LogP contribution in [0.5, 0.6) is 17.2 Å². The number of carbonyl (C=O) groups excluding carboxylic acids is 1. The van der Waals surface area contributed by atoms with Gasteiger partial charge in [-0.05, 0) is 36.8 Å². The zero-order valence-electron chi connectivity index (χ0n) is 12.1. The summed E-state index contributed by atoms with van der Waals surface area (Å²) in [6.45, 7) is 1.77. The third-order valence-corrected chi connectivity index (χ3v) is 3.13. The van der Waals surface area contributed by atoms with Crippen molar-refractivity contribution in [3.8, 4) is 17.2 Å². The fraction of sp³-hybridized carbons (Fsp3) is 0.188. The maximum atomic E-state index is 12.2. The minimum absolute atomic E-state index is 0.0836. The Balaban J connectivity index is 2.28. The molecule has 0 unspecified atom stereocenters. The average Bonchev–Trinajstić information content (AvgIpc) is 2.49. The Morgan fingerprint density at radius 2 is 1.86 bits per heavy atom. The molecule has 0 saturated carbocycles. The van der Waals surface area contributed by atoms with Crippen LogP contribution in [0.1, 0.15) is 15.9 Å². The molecular weight excluding hydrogens is 270 g/mol. The van der Waals surface area contributed by atoms with Crippen molar-refractivity contribution in [2.24, 2.45) is 0 Å². The van der Waals surface area contributed by atoms with Crippen molar-refractivity contribution >= 4 is 11.6 Å². The molecule has 2 aromatic carbocycles. The van der Waals surface area contributed by atoms with Crippen LogP contribution in [0.15, 0.2) is 36.4 Å². The minimum atomic E-state index is -0.336. The van der Waals surface area contributed by atoms with Crippen LogP contribution in [0.3, 0.4) is 0 Å². The first-order valence-electron chi connectivity index (χ1n) is 6.38. The van der Waals surface area contributed by atoms with E-state index >= 15 is 0 Å². The van der Waals surface area contributed by atoms with Crippen molar-refractivity contribution in [2.75, 3.05) is 19.5 Å². The summed E-state index contributed by atoms with van der Waals surface area (Å²) in [5.41, 5.74) is 1.58. The first-order chi connectivity index (χ1) is 10.0.